The molecule has 0 atom stereocenters. The molecule has 1 aromatic carbocycles. The highest BCUT2D eigenvalue weighted by Crippen LogP contribution is 2.40. The molecule has 2 N–H and O–H groups in total. The smallest absolute Gasteiger partial charge is 0.191 e. The van der Waals surface area contributed by atoms with Crippen molar-refractivity contribution in [2.75, 3.05) is 20.1 Å². The molecular weight excluding hydrogens is 461 g/mol. The Hall–Kier alpha value is -1.57. The quantitative estimate of drug-likeness (QED) is 0.249. The van der Waals surface area contributed by atoms with E-state index in [4.69, 9.17) is 0 Å². The molecule has 0 spiro atoms. The van der Waals surface area contributed by atoms with E-state index in [0.717, 1.165) is 44.3 Å². The highest BCUT2D eigenvalue weighted by atomic mass is 127. The molecule has 1 saturated carbocycles. The summed E-state index contributed by atoms with van der Waals surface area (Å²) in [7, 11) is 1.86. The SMILES string of the molecule is CN=C(NCCCCn1ccnc1C)NCC1(c2ccccc2)CCCC1.I. The van der Waals surface area contributed by atoms with Crippen LogP contribution < -0.4 is 10.6 Å². The van der Waals surface area contributed by atoms with Gasteiger partial charge in [0, 0.05) is 44.5 Å². The number of hydrogen-bond donors (Lipinski definition) is 2. The van der Waals surface area contributed by atoms with Crippen LogP contribution in [0, 0.1) is 6.92 Å². The van der Waals surface area contributed by atoms with Gasteiger partial charge in [-0.2, -0.15) is 0 Å². The van der Waals surface area contributed by atoms with Crippen molar-refractivity contribution in [3.8, 4) is 0 Å². The lowest BCUT2D eigenvalue weighted by atomic mass is 9.79. The summed E-state index contributed by atoms with van der Waals surface area (Å²) in [5.74, 6) is 2.00. The van der Waals surface area contributed by atoms with Gasteiger partial charge in [0.1, 0.15) is 5.82 Å². The van der Waals surface area contributed by atoms with E-state index in [1.54, 1.807) is 0 Å². The van der Waals surface area contributed by atoms with Crippen molar-refractivity contribution in [3.63, 3.8) is 0 Å². The Balaban J connectivity index is 0.00000280. The number of nitrogens with one attached hydrogen (secondary N) is 2. The van der Waals surface area contributed by atoms with Crippen LogP contribution in [0.4, 0.5) is 0 Å². The van der Waals surface area contributed by atoms with E-state index in [9.17, 15) is 0 Å². The highest BCUT2D eigenvalue weighted by Gasteiger charge is 2.35. The fourth-order valence-corrected chi connectivity index (χ4v) is 4.14. The van der Waals surface area contributed by atoms with E-state index in [-0.39, 0.29) is 29.4 Å². The Morgan fingerprint density at radius 2 is 1.89 bits per heavy atom. The third-order valence-corrected chi connectivity index (χ3v) is 5.81. The van der Waals surface area contributed by atoms with Crippen molar-refractivity contribution in [2.45, 2.75) is 57.4 Å². The zero-order valence-electron chi connectivity index (χ0n) is 17.2. The average Bonchev–Trinajstić information content (AvgIpc) is 3.35. The van der Waals surface area contributed by atoms with Gasteiger partial charge in [-0.1, -0.05) is 43.2 Å². The standard InChI is InChI=1S/C22H33N5.HI/c1-19-24-15-17-27(19)16-9-8-14-25-21(23-2)26-18-22(12-6-7-13-22)20-10-4-3-5-11-20;/h3-5,10-11,15,17H,6-9,12-14,16,18H2,1-2H3,(H2,23,25,26);1H. The maximum Gasteiger partial charge on any atom is 0.191 e. The second kappa shape index (κ2) is 11.4. The Morgan fingerprint density at radius 1 is 1.14 bits per heavy atom. The fourth-order valence-electron chi connectivity index (χ4n) is 4.14. The zero-order chi connectivity index (χ0) is 19.0. The van der Waals surface area contributed by atoms with Crippen LogP contribution in [-0.4, -0.2) is 35.6 Å². The molecule has 154 valence electrons. The van der Waals surface area contributed by atoms with Gasteiger partial charge in [0.25, 0.3) is 0 Å². The summed E-state index contributed by atoms with van der Waals surface area (Å²) < 4.78 is 2.21. The molecule has 1 aromatic heterocycles. The predicted octanol–water partition coefficient (Wildman–Crippen LogP) is 4.27. The first-order valence-electron chi connectivity index (χ1n) is 10.2. The maximum absolute atomic E-state index is 4.41. The first-order chi connectivity index (χ1) is 13.2. The van der Waals surface area contributed by atoms with Gasteiger partial charge in [-0.15, -0.1) is 24.0 Å². The summed E-state index contributed by atoms with van der Waals surface area (Å²) in [5, 5.41) is 7.06. The molecule has 0 aliphatic heterocycles. The summed E-state index contributed by atoms with van der Waals surface area (Å²) in [6.45, 7) is 4.96. The minimum Gasteiger partial charge on any atom is -0.356 e. The lowest BCUT2D eigenvalue weighted by Crippen LogP contribution is -2.45. The predicted molar refractivity (Wildman–Crippen MR) is 128 cm³/mol. The number of nitrogens with zero attached hydrogens (tertiary/aromatic N) is 3. The van der Waals surface area contributed by atoms with Gasteiger partial charge in [-0.25, -0.2) is 4.98 Å². The summed E-state index contributed by atoms with van der Waals surface area (Å²) in [6, 6.07) is 11.0. The van der Waals surface area contributed by atoms with E-state index in [1.807, 2.05) is 19.4 Å². The molecule has 1 heterocycles. The Morgan fingerprint density at radius 3 is 2.54 bits per heavy atom. The monoisotopic (exact) mass is 495 g/mol. The van der Waals surface area contributed by atoms with Crippen molar-refractivity contribution in [1.29, 1.82) is 0 Å². The molecule has 0 amide bonds. The second-order valence-corrected chi connectivity index (χ2v) is 7.58. The van der Waals surface area contributed by atoms with Crippen molar-refractivity contribution in [3.05, 3.63) is 54.1 Å². The molecule has 1 aliphatic carbocycles. The largest absolute Gasteiger partial charge is 0.356 e. The molecular formula is C22H34IN5. The highest BCUT2D eigenvalue weighted by molar-refractivity contribution is 14.0. The Bertz CT molecular complexity index is 720. The minimum absolute atomic E-state index is 0. The molecule has 1 aliphatic rings. The number of guanidine groups is 1. The Kier molecular flexibility index (Phi) is 9.28. The molecule has 2 aromatic rings. The summed E-state index contributed by atoms with van der Waals surface area (Å²) in [5.41, 5.74) is 1.71. The van der Waals surface area contributed by atoms with Crippen LogP contribution in [0.2, 0.25) is 0 Å². The van der Waals surface area contributed by atoms with Crippen LogP contribution >= 0.6 is 24.0 Å². The Labute approximate surface area is 186 Å². The first-order valence-corrected chi connectivity index (χ1v) is 10.2. The van der Waals surface area contributed by atoms with Crippen LogP contribution in [0.3, 0.4) is 0 Å². The zero-order valence-corrected chi connectivity index (χ0v) is 19.5. The number of hydrogen-bond acceptors (Lipinski definition) is 2. The van der Waals surface area contributed by atoms with E-state index in [0.29, 0.717) is 0 Å². The second-order valence-electron chi connectivity index (χ2n) is 7.58. The van der Waals surface area contributed by atoms with Crippen molar-refractivity contribution in [1.82, 2.24) is 20.2 Å². The number of halogens is 1. The lowest BCUT2D eigenvalue weighted by Gasteiger charge is -2.30. The van der Waals surface area contributed by atoms with Crippen LogP contribution in [0.15, 0.2) is 47.7 Å². The third-order valence-electron chi connectivity index (χ3n) is 5.81. The number of imidazole rings is 1. The van der Waals surface area contributed by atoms with Gasteiger partial charge >= 0.3 is 0 Å². The van der Waals surface area contributed by atoms with E-state index >= 15 is 0 Å². The number of benzene rings is 1. The first kappa shape index (κ1) is 22.7. The molecule has 28 heavy (non-hydrogen) atoms. The summed E-state index contributed by atoms with van der Waals surface area (Å²) in [6.07, 6.45) is 11.3. The van der Waals surface area contributed by atoms with Gasteiger partial charge in [-0.05, 0) is 38.2 Å². The van der Waals surface area contributed by atoms with Crippen molar-refractivity contribution >= 4 is 29.9 Å². The maximum atomic E-state index is 4.41. The van der Waals surface area contributed by atoms with Gasteiger partial charge in [0.15, 0.2) is 5.96 Å². The lowest BCUT2D eigenvalue weighted by molar-refractivity contribution is 0.431. The molecule has 1 fully saturated rings. The van der Waals surface area contributed by atoms with Gasteiger partial charge in [0.05, 0.1) is 0 Å². The molecule has 6 heteroatoms. The van der Waals surface area contributed by atoms with Crippen LogP contribution in [0.1, 0.15) is 49.9 Å². The molecule has 5 nitrogen and oxygen atoms in total. The fraction of sp³-hybridized carbons (Fsp3) is 0.545. The minimum atomic E-state index is 0. The van der Waals surface area contributed by atoms with Crippen LogP contribution in [0.25, 0.3) is 0 Å². The van der Waals surface area contributed by atoms with Crippen LogP contribution in [-0.2, 0) is 12.0 Å². The molecule has 3 rings (SSSR count). The topological polar surface area (TPSA) is 54.2 Å². The molecule has 0 saturated heterocycles. The summed E-state index contributed by atoms with van der Waals surface area (Å²) in [4.78, 5) is 8.68. The van der Waals surface area contributed by atoms with Gasteiger partial charge in [0.2, 0.25) is 0 Å². The van der Waals surface area contributed by atoms with Gasteiger partial charge in [-0.3, -0.25) is 4.99 Å². The number of aromatic nitrogens is 2. The molecule has 0 unspecified atom stereocenters. The van der Waals surface area contributed by atoms with Crippen LogP contribution in [0.5, 0.6) is 0 Å². The number of rotatable bonds is 8. The summed E-state index contributed by atoms with van der Waals surface area (Å²) >= 11 is 0. The van der Waals surface area contributed by atoms with Gasteiger partial charge < -0.3 is 15.2 Å². The van der Waals surface area contributed by atoms with E-state index in [1.165, 1.54) is 31.2 Å². The van der Waals surface area contributed by atoms with E-state index < -0.39 is 0 Å². The van der Waals surface area contributed by atoms with Crippen molar-refractivity contribution < 1.29 is 0 Å². The third kappa shape index (κ3) is 5.96. The number of aryl methyl sites for hydroxylation is 2. The average molecular weight is 495 g/mol. The van der Waals surface area contributed by atoms with E-state index in [2.05, 4.69) is 62.4 Å². The molecule has 0 radical (unpaired) electrons. The number of unbranched alkanes of at least 4 members (excludes halogenated alkanes) is 1. The molecule has 0 bridgehead atoms. The number of aliphatic imine (C=N–C) groups is 1. The normalized spacial score (nSPS) is 15.9. The van der Waals surface area contributed by atoms with Crippen molar-refractivity contribution in [2.24, 2.45) is 4.99 Å².